The van der Waals surface area contributed by atoms with Gasteiger partial charge >= 0.3 is 23.9 Å². The number of carboxylic acids is 2. The Morgan fingerprint density at radius 1 is 1.00 bits per heavy atom. The molecule has 196 valence electrons. The van der Waals surface area contributed by atoms with Crippen molar-refractivity contribution < 1.29 is 38.9 Å². The number of esters is 2. The molecule has 0 aromatic heterocycles. The molecule has 8 nitrogen and oxygen atoms in total. The van der Waals surface area contributed by atoms with Gasteiger partial charge in [0.05, 0.1) is 6.61 Å². The van der Waals surface area contributed by atoms with E-state index in [0.29, 0.717) is 24.9 Å². The zero-order chi connectivity index (χ0) is 26.8. The second-order valence-electron chi connectivity index (χ2n) is 9.73. The van der Waals surface area contributed by atoms with E-state index in [1.807, 2.05) is 0 Å². The van der Waals surface area contributed by atoms with E-state index in [1.165, 1.54) is 52.0 Å². The molecular formula is C27H40O8. The molecule has 1 saturated heterocycles. The number of ether oxygens (including phenoxy) is 2. The minimum Gasteiger partial charge on any atom is -0.478 e. The molecule has 0 amide bonds. The maximum absolute atomic E-state index is 11.6. The molecule has 0 radical (unpaired) electrons. The molecule has 5 aliphatic rings. The molecule has 4 aliphatic carbocycles. The van der Waals surface area contributed by atoms with Gasteiger partial charge in [0.2, 0.25) is 0 Å². The Morgan fingerprint density at radius 3 is 1.66 bits per heavy atom. The highest BCUT2D eigenvalue weighted by Crippen LogP contribution is 2.60. The molecule has 8 heteroatoms. The third kappa shape index (κ3) is 9.00. The predicted molar refractivity (Wildman–Crippen MR) is 131 cm³/mol. The second-order valence-corrected chi connectivity index (χ2v) is 9.73. The maximum atomic E-state index is 11.6. The fourth-order valence-corrected chi connectivity index (χ4v) is 5.50. The molecule has 5 fully saturated rings. The van der Waals surface area contributed by atoms with Gasteiger partial charge in [-0.15, -0.1) is 0 Å². The van der Waals surface area contributed by atoms with E-state index >= 15 is 0 Å². The predicted octanol–water partition coefficient (Wildman–Crippen LogP) is 4.94. The number of carbonyl (C=O) groups excluding carboxylic acids is 2. The maximum Gasteiger partial charge on any atom is 0.330 e. The Hall–Kier alpha value is -2.90. The van der Waals surface area contributed by atoms with Crippen molar-refractivity contribution in [1.82, 2.24) is 0 Å². The van der Waals surface area contributed by atoms with Crippen LogP contribution in [-0.2, 0) is 28.7 Å². The molecule has 1 aliphatic heterocycles. The number of rotatable bonds is 5. The Balaban J connectivity index is 0.000000281. The fraction of sp³-hybridized carbons (Fsp3) is 0.630. The number of carboxylic acid groups (broad SMARTS) is 2. The van der Waals surface area contributed by atoms with Crippen molar-refractivity contribution in [2.45, 2.75) is 77.7 Å². The van der Waals surface area contributed by atoms with Gasteiger partial charge in [-0.2, -0.15) is 0 Å². The molecule has 0 spiro atoms. The highest BCUT2D eigenvalue weighted by Gasteiger charge is 2.58. The van der Waals surface area contributed by atoms with Crippen LogP contribution in [0.2, 0.25) is 0 Å². The first kappa shape index (κ1) is 30.1. The third-order valence-corrected chi connectivity index (χ3v) is 7.05. The summed E-state index contributed by atoms with van der Waals surface area (Å²) in [5, 5.41) is 15.8. The van der Waals surface area contributed by atoms with E-state index in [1.54, 1.807) is 0 Å². The first-order chi connectivity index (χ1) is 16.4. The molecule has 0 unspecified atom stereocenters. The van der Waals surface area contributed by atoms with Gasteiger partial charge in [0.1, 0.15) is 5.60 Å². The van der Waals surface area contributed by atoms with Crippen LogP contribution in [0.3, 0.4) is 0 Å². The van der Waals surface area contributed by atoms with Gasteiger partial charge in [-0.1, -0.05) is 26.7 Å². The van der Waals surface area contributed by atoms with Crippen LogP contribution in [0.4, 0.5) is 0 Å². The Morgan fingerprint density at radius 2 is 1.43 bits per heavy atom. The van der Waals surface area contributed by atoms with Crippen molar-refractivity contribution in [3.8, 4) is 0 Å². The Bertz CT molecular complexity index is 741. The smallest absolute Gasteiger partial charge is 0.330 e. The van der Waals surface area contributed by atoms with E-state index in [0.717, 1.165) is 24.7 Å². The van der Waals surface area contributed by atoms with Crippen LogP contribution in [0, 0.1) is 23.7 Å². The van der Waals surface area contributed by atoms with E-state index in [-0.39, 0.29) is 28.7 Å². The van der Waals surface area contributed by atoms with Crippen LogP contribution < -0.4 is 0 Å². The molecular weight excluding hydrogens is 452 g/mol. The molecule has 2 N–H and O–H groups in total. The van der Waals surface area contributed by atoms with Crippen LogP contribution in [0.25, 0.3) is 0 Å². The molecule has 35 heavy (non-hydrogen) atoms. The standard InChI is InChI=1S/C15H22O2.3C4H6O2/c1-3-14(16)17-15(4-2)12-6-10-5-11(8-12)9-13(15)7-10;5-4-2-1-3-6-4;2*1-3(2)4(5)6/h3,10-13H,1,4-9H2,2H3;1-3H2;2*1H2,2H3,(H,5,6). The van der Waals surface area contributed by atoms with Gasteiger partial charge < -0.3 is 19.7 Å². The lowest BCUT2D eigenvalue weighted by Crippen LogP contribution is -2.59. The van der Waals surface area contributed by atoms with E-state index in [2.05, 4.69) is 31.4 Å². The number of hydrogen-bond donors (Lipinski definition) is 2. The van der Waals surface area contributed by atoms with Gasteiger partial charge in [-0.05, 0) is 82.5 Å². The number of hydrogen-bond acceptors (Lipinski definition) is 6. The Labute approximate surface area is 208 Å². The van der Waals surface area contributed by atoms with Crippen LogP contribution in [0.15, 0.2) is 37.0 Å². The summed E-state index contributed by atoms with van der Waals surface area (Å²) in [6.07, 6.45) is 10.4. The minimum absolute atomic E-state index is 0.0463. The molecule has 4 bridgehead atoms. The fourth-order valence-electron chi connectivity index (χ4n) is 5.50. The van der Waals surface area contributed by atoms with Crippen LogP contribution in [0.5, 0.6) is 0 Å². The van der Waals surface area contributed by atoms with Crippen molar-refractivity contribution in [1.29, 1.82) is 0 Å². The van der Waals surface area contributed by atoms with E-state index < -0.39 is 11.9 Å². The van der Waals surface area contributed by atoms with E-state index in [9.17, 15) is 19.2 Å². The van der Waals surface area contributed by atoms with Crippen molar-refractivity contribution in [3.63, 3.8) is 0 Å². The monoisotopic (exact) mass is 492 g/mol. The first-order valence-electron chi connectivity index (χ1n) is 12.1. The zero-order valence-electron chi connectivity index (χ0n) is 21.2. The largest absolute Gasteiger partial charge is 0.478 e. The summed E-state index contributed by atoms with van der Waals surface area (Å²) < 4.78 is 10.4. The summed E-state index contributed by atoms with van der Waals surface area (Å²) >= 11 is 0. The first-order valence-corrected chi connectivity index (χ1v) is 12.1. The number of aliphatic carboxylic acids is 2. The summed E-state index contributed by atoms with van der Waals surface area (Å²) in [7, 11) is 0. The summed E-state index contributed by atoms with van der Waals surface area (Å²) in [6.45, 7) is 15.6. The summed E-state index contributed by atoms with van der Waals surface area (Å²) in [5.74, 6) is 0.929. The molecule has 5 rings (SSSR count). The molecule has 0 aromatic rings. The highest BCUT2D eigenvalue weighted by atomic mass is 16.6. The summed E-state index contributed by atoms with van der Waals surface area (Å²) in [4.78, 5) is 40.8. The topological polar surface area (TPSA) is 127 Å². The minimum atomic E-state index is -0.935. The van der Waals surface area contributed by atoms with Crippen molar-refractivity contribution in [2.24, 2.45) is 23.7 Å². The molecule has 4 saturated carbocycles. The number of cyclic esters (lactones) is 1. The highest BCUT2D eigenvalue weighted by molar-refractivity contribution is 5.85. The summed E-state index contributed by atoms with van der Waals surface area (Å²) in [6, 6.07) is 0. The molecule has 0 atom stereocenters. The van der Waals surface area contributed by atoms with Gasteiger partial charge in [-0.3, -0.25) is 4.79 Å². The van der Waals surface area contributed by atoms with Crippen LogP contribution in [-0.4, -0.2) is 46.3 Å². The quantitative estimate of drug-likeness (QED) is 0.408. The third-order valence-electron chi connectivity index (χ3n) is 7.05. The lowest BCUT2D eigenvalue weighted by atomic mass is 9.49. The van der Waals surface area contributed by atoms with Crippen molar-refractivity contribution in [2.75, 3.05) is 6.61 Å². The average Bonchev–Trinajstić information content (AvgIpc) is 3.27. The van der Waals surface area contributed by atoms with Crippen molar-refractivity contribution in [3.05, 3.63) is 37.0 Å². The SMILES string of the molecule is C=C(C)C(=O)O.C=C(C)C(=O)O.C=CC(=O)OC1(CC)C2CC3CC(C2)CC1C3.O=C1CCCO1. The molecule has 1 heterocycles. The lowest BCUT2D eigenvalue weighted by Gasteiger charge is -2.60. The normalized spacial score (nSPS) is 28.9. The molecule has 0 aromatic carbocycles. The number of carbonyl (C=O) groups is 4. The van der Waals surface area contributed by atoms with Gasteiger partial charge in [0, 0.05) is 23.6 Å². The average molecular weight is 493 g/mol. The van der Waals surface area contributed by atoms with Crippen molar-refractivity contribution >= 4 is 23.9 Å². The van der Waals surface area contributed by atoms with Crippen LogP contribution in [0.1, 0.15) is 72.1 Å². The Kier molecular flexibility index (Phi) is 11.9. The lowest BCUT2D eigenvalue weighted by molar-refractivity contribution is -0.206. The van der Waals surface area contributed by atoms with Gasteiger partial charge in [0.15, 0.2) is 0 Å². The van der Waals surface area contributed by atoms with Crippen LogP contribution >= 0.6 is 0 Å². The van der Waals surface area contributed by atoms with Gasteiger partial charge in [-0.25, -0.2) is 14.4 Å². The van der Waals surface area contributed by atoms with Gasteiger partial charge in [0.25, 0.3) is 0 Å². The summed E-state index contributed by atoms with van der Waals surface area (Å²) in [5.41, 5.74) is 0.198. The zero-order valence-corrected chi connectivity index (χ0v) is 21.2. The van der Waals surface area contributed by atoms with E-state index in [4.69, 9.17) is 14.9 Å². The second kappa shape index (κ2) is 13.9.